The zero-order valence-electron chi connectivity index (χ0n) is 10.1. The van der Waals surface area contributed by atoms with Gasteiger partial charge in [0, 0.05) is 5.56 Å². The molecule has 0 saturated heterocycles. The molecule has 0 aliphatic heterocycles. The SMILES string of the molecule is OC1CCC(c2ccc(-c3nnco3)cc2)CC1. The molecular weight excluding hydrogens is 228 g/mol. The monoisotopic (exact) mass is 244 g/mol. The molecule has 1 fully saturated rings. The lowest BCUT2D eigenvalue weighted by Gasteiger charge is -2.25. The van der Waals surface area contributed by atoms with Crippen LogP contribution in [0.15, 0.2) is 35.1 Å². The predicted molar refractivity (Wildman–Crippen MR) is 66.9 cm³/mol. The smallest absolute Gasteiger partial charge is 0.247 e. The summed E-state index contributed by atoms with van der Waals surface area (Å²) in [5, 5.41) is 17.1. The van der Waals surface area contributed by atoms with E-state index in [1.54, 1.807) is 0 Å². The van der Waals surface area contributed by atoms with Crippen molar-refractivity contribution in [2.45, 2.75) is 37.7 Å². The molecule has 0 unspecified atom stereocenters. The minimum absolute atomic E-state index is 0.0982. The molecule has 0 amide bonds. The minimum Gasteiger partial charge on any atom is -0.423 e. The van der Waals surface area contributed by atoms with Gasteiger partial charge in [-0.1, -0.05) is 12.1 Å². The predicted octanol–water partition coefficient (Wildman–Crippen LogP) is 2.76. The van der Waals surface area contributed by atoms with Crippen LogP contribution in [0.1, 0.15) is 37.2 Å². The number of aliphatic hydroxyl groups is 1. The summed E-state index contributed by atoms with van der Waals surface area (Å²) in [5.74, 6) is 1.13. The van der Waals surface area contributed by atoms with Crippen LogP contribution in [0.2, 0.25) is 0 Å². The van der Waals surface area contributed by atoms with Gasteiger partial charge < -0.3 is 9.52 Å². The van der Waals surface area contributed by atoms with Crippen LogP contribution in [0.3, 0.4) is 0 Å². The molecule has 1 aromatic heterocycles. The third-order valence-corrected chi connectivity index (χ3v) is 3.69. The molecule has 1 aromatic carbocycles. The normalized spacial score (nSPS) is 24.1. The summed E-state index contributed by atoms with van der Waals surface area (Å²) in [6, 6.07) is 8.30. The Morgan fingerprint density at radius 2 is 1.78 bits per heavy atom. The first-order valence-electron chi connectivity index (χ1n) is 6.37. The molecule has 3 rings (SSSR count). The maximum Gasteiger partial charge on any atom is 0.247 e. The van der Waals surface area contributed by atoms with E-state index in [0.29, 0.717) is 11.8 Å². The molecule has 4 nitrogen and oxygen atoms in total. The number of rotatable bonds is 2. The molecule has 0 radical (unpaired) electrons. The van der Waals surface area contributed by atoms with Gasteiger partial charge >= 0.3 is 0 Å². The highest BCUT2D eigenvalue weighted by atomic mass is 16.4. The number of hydrogen-bond acceptors (Lipinski definition) is 4. The lowest BCUT2D eigenvalue weighted by atomic mass is 9.82. The Kier molecular flexibility index (Phi) is 3.11. The van der Waals surface area contributed by atoms with Crippen LogP contribution in [0, 0.1) is 0 Å². The maximum atomic E-state index is 9.52. The van der Waals surface area contributed by atoms with E-state index in [1.165, 1.54) is 12.0 Å². The lowest BCUT2D eigenvalue weighted by molar-refractivity contribution is 0.122. The highest BCUT2D eigenvalue weighted by Crippen LogP contribution is 2.33. The van der Waals surface area contributed by atoms with Crippen LogP contribution in [-0.4, -0.2) is 21.4 Å². The first kappa shape index (κ1) is 11.4. The summed E-state index contributed by atoms with van der Waals surface area (Å²) < 4.78 is 5.16. The van der Waals surface area contributed by atoms with E-state index in [0.717, 1.165) is 31.2 Å². The number of hydrogen-bond donors (Lipinski definition) is 1. The topological polar surface area (TPSA) is 59.2 Å². The molecule has 0 atom stereocenters. The van der Waals surface area contributed by atoms with E-state index >= 15 is 0 Å². The largest absolute Gasteiger partial charge is 0.423 e. The fourth-order valence-electron chi connectivity index (χ4n) is 2.61. The summed E-state index contributed by atoms with van der Waals surface area (Å²) in [6.45, 7) is 0. The number of aromatic nitrogens is 2. The first-order chi connectivity index (χ1) is 8.83. The molecule has 1 aliphatic carbocycles. The van der Waals surface area contributed by atoms with Crippen molar-refractivity contribution in [3.63, 3.8) is 0 Å². The summed E-state index contributed by atoms with van der Waals surface area (Å²) in [4.78, 5) is 0. The van der Waals surface area contributed by atoms with Crippen molar-refractivity contribution in [1.29, 1.82) is 0 Å². The molecular formula is C14H16N2O2. The van der Waals surface area contributed by atoms with Crippen molar-refractivity contribution >= 4 is 0 Å². The first-order valence-corrected chi connectivity index (χ1v) is 6.37. The molecule has 94 valence electrons. The fourth-order valence-corrected chi connectivity index (χ4v) is 2.61. The second-order valence-electron chi connectivity index (χ2n) is 4.87. The number of benzene rings is 1. The van der Waals surface area contributed by atoms with Gasteiger partial charge in [0.15, 0.2) is 0 Å². The molecule has 0 bridgehead atoms. The molecule has 18 heavy (non-hydrogen) atoms. The number of aliphatic hydroxyl groups excluding tert-OH is 1. The average molecular weight is 244 g/mol. The van der Waals surface area contributed by atoms with Crippen molar-refractivity contribution in [3.05, 3.63) is 36.2 Å². The summed E-state index contributed by atoms with van der Waals surface area (Å²) >= 11 is 0. The van der Waals surface area contributed by atoms with Gasteiger partial charge in [0.25, 0.3) is 0 Å². The van der Waals surface area contributed by atoms with Crippen LogP contribution in [0.25, 0.3) is 11.5 Å². The molecule has 1 aliphatic rings. The standard InChI is InChI=1S/C14H16N2O2/c17-13-7-5-11(6-8-13)10-1-3-12(4-2-10)14-16-15-9-18-14/h1-4,9,11,13,17H,5-8H2. The zero-order chi connectivity index (χ0) is 12.4. The lowest BCUT2D eigenvalue weighted by Crippen LogP contribution is -2.16. The summed E-state index contributed by atoms with van der Waals surface area (Å²) in [6.07, 6.45) is 5.21. The van der Waals surface area contributed by atoms with Crippen molar-refractivity contribution in [2.24, 2.45) is 0 Å². The summed E-state index contributed by atoms with van der Waals surface area (Å²) in [5.41, 5.74) is 2.29. The Labute approximate surface area is 106 Å². The van der Waals surface area contributed by atoms with E-state index in [9.17, 15) is 5.11 Å². The Morgan fingerprint density at radius 1 is 1.06 bits per heavy atom. The Hall–Kier alpha value is -1.68. The van der Waals surface area contributed by atoms with Crippen molar-refractivity contribution < 1.29 is 9.52 Å². The minimum atomic E-state index is -0.0982. The van der Waals surface area contributed by atoms with Gasteiger partial charge in [-0.3, -0.25) is 0 Å². The molecule has 0 spiro atoms. The zero-order valence-corrected chi connectivity index (χ0v) is 10.1. The van der Waals surface area contributed by atoms with E-state index in [1.807, 2.05) is 12.1 Å². The van der Waals surface area contributed by atoms with Gasteiger partial charge in [0.2, 0.25) is 12.3 Å². The van der Waals surface area contributed by atoms with E-state index < -0.39 is 0 Å². The van der Waals surface area contributed by atoms with E-state index in [2.05, 4.69) is 22.3 Å². The molecule has 1 heterocycles. The van der Waals surface area contributed by atoms with Crippen LogP contribution < -0.4 is 0 Å². The quantitative estimate of drug-likeness (QED) is 0.882. The Balaban J connectivity index is 1.75. The van der Waals surface area contributed by atoms with Gasteiger partial charge in [-0.15, -0.1) is 10.2 Å². The van der Waals surface area contributed by atoms with E-state index in [-0.39, 0.29) is 6.10 Å². The van der Waals surface area contributed by atoms with Gasteiger partial charge in [-0.25, -0.2) is 0 Å². The molecule has 1 saturated carbocycles. The molecule has 1 N–H and O–H groups in total. The molecule has 2 aromatic rings. The van der Waals surface area contributed by atoms with E-state index in [4.69, 9.17) is 4.42 Å². The van der Waals surface area contributed by atoms with Crippen LogP contribution in [-0.2, 0) is 0 Å². The fraction of sp³-hybridized carbons (Fsp3) is 0.429. The molecule has 4 heteroatoms. The maximum absolute atomic E-state index is 9.52. The van der Waals surface area contributed by atoms with Gasteiger partial charge in [-0.05, 0) is 49.3 Å². The highest BCUT2D eigenvalue weighted by molar-refractivity contribution is 5.53. The average Bonchev–Trinajstić information content (AvgIpc) is 2.94. The van der Waals surface area contributed by atoms with Crippen LogP contribution in [0.4, 0.5) is 0 Å². The van der Waals surface area contributed by atoms with Gasteiger partial charge in [0.1, 0.15) is 0 Å². The van der Waals surface area contributed by atoms with Crippen LogP contribution >= 0.6 is 0 Å². The Bertz CT molecular complexity index is 485. The Morgan fingerprint density at radius 3 is 2.39 bits per heavy atom. The highest BCUT2D eigenvalue weighted by Gasteiger charge is 2.20. The van der Waals surface area contributed by atoms with Crippen LogP contribution in [0.5, 0.6) is 0 Å². The van der Waals surface area contributed by atoms with Gasteiger partial charge in [0.05, 0.1) is 6.10 Å². The summed E-state index contributed by atoms with van der Waals surface area (Å²) in [7, 11) is 0. The van der Waals surface area contributed by atoms with Crippen molar-refractivity contribution in [3.8, 4) is 11.5 Å². The third-order valence-electron chi connectivity index (χ3n) is 3.69. The number of nitrogens with zero attached hydrogens (tertiary/aromatic N) is 2. The van der Waals surface area contributed by atoms with Crippen molar-refractivity contribution in [2.75, 3.05) is 0 Å². The third kappa shape index (κ3) is 2.29. The second kappa shape index (κ2) is 4.90. The van der Waals surface area contributed by atoms with Gasteiger partial charge in [-0.2, -0.15) is 0 Å². The second-order valence-corrected chi connectivity index (χ2v) is 4.87. The van der Waals surface area contributed by atoms with Crippen molar-refractivity contribution in [1.82, 2.24) is 10.2 Å².